The molecular weight excluding hydrogens is 546 g/mol. The molecule has 0 heterocycles. The summed E-state index contributed by atoms with van der Waals surface area (Å²) in [6.45, 7) is 1.11. The summed E-state index contributed by atoms with van der Waals surface area (Å²) in [5, 5.41) is 6.98. The van der Waals surface area contributed by atoms with E-state index in [1.807, 2.05) is 12.1 Å². The zero-order valence-electron chi connectivity index (χ0n) is 19.5. The number of halogens is 4. The number of benzene rings is 2. The van der Waals surface area contributed by atoms with Crippen LogP contribution in [0.5, 0.6) is 0 Å². The van der Waals surface area contributed by atoms with E-state index < -0.39 is 0 Å². The maximum atomic E-state index is 6.07. The van der Waals surface area contributed by atoms with Crippen molar-refractivity contribution in [1.29, 1.82) is 0 Å². The number of hydrogen-bond donors (Lipinski definition) is 6. The minimum Gasteiger partial charge on any atom is -0.369 e. The van der Waals surface area contributed by atoms with Crippen LogP contribution in [0.3, 0.4) is 0 Å². The van der Waals surface area contributed by atoms with Gasteiger partial charge in [-0.05, 0) is 49.2 Å². The number of nitrogens with one attached hydrogen (secondary N) is 2. The lowest BCUT2D eigenvalue weighted by molar-refractivity contribution is 0.653. The average Bonchev–Trinajstić information content (AvgIpc) is 2.78. The molecule has 0 saturated heterocycles. The number of aliphatic imine (C=N–C) groups is 4. The molecule has 0 fully saturated rings. The van der Waals surface area contributed by atoms with Crippen LogP contribution >= 0.6 is 48.0 Å². The van der Waals surface area contributed by atoms with Crippen LogP contribution in [-0.2, 0) is 0 Å². The molecule has 0 amide bonds. The highest BCUT2D eigenvalue weighted by Crippen LogP contribution is 2.19. The highest BCUT2D eigenvalue weighted by Gasteiger charge is 2.01. The van der Waals surface area contributed by atoms with Gasteiger partial charge in [0.05, 0.1) is 10.7 Å². The lowest BCUT2D eigenvalue weighted by Crippen LogP contribution is -2.26. The fourth-order valence-electron chi connectivity index (χ4n) is 2.72. The van der Waals surface area contributed by atoms with Gasteiger partial charge in [-0.25, -0.2) is 0 Å². The maximum Gasteiger partial charge on any atom is 0.218 e. The van der Waals surface area contributed by atoms with Crippen molar-refractivity contribution in [1.82, 2.24) is 0 Å². The predicted octanol–water partition coefficient (Wildman–Crippen LogP) is 4.18. The van der Waals surface area contributed by atoms with Gasteiger partial charge in [0.15, 0.2) is 0 Å². The van der Waals surface area contributed by atoms with Gasteiger partial charge in [-0.3, -0.25) is 9.98 Å². The van der Waals surface area contributed by atoms with Crippen LogP contribution in [0.2, 0.25) is 10.0 Å². The molecule has 0 aliphatic carbocycles. The first kappa shape index (κ1) is 33.1. The summed E-state index contributed by atoms with van der Waals surface area (Å²) < 4.78 is 0. The summed E-state index contributed by atoms with van der Waals surface area (Å²) >= 11 is 11.9. The van der Waals surface area contributed by atoms with E-state index in [0.29, 0.717) is 28.8 Å². The minimum atomic E-state index is 0. The largest absolute Gasteiger partial charge is 0.369 e. The van der Waals surface area contributed by atoms with Crippen molar-refractivity contribution < 1.29 is 0 Å². The molecule has 14 heteroatoms. The van der Waals surface area contributed by atoms with Crippen LogP contribution < -0.4 is 33.6 Å². The molecule has 0 radical (unpaired) electrons. The summed E-state index contributed by atoms with van der Waals surface area (Å²) in [6.07, 6.45) is 3.66. The Morgan fingerprint density at radius 3 is 1.69 bits per heavy atom. The normalized spacial score (nSPS) is 12.4. The third kappa shape index (κ3) is 13.8. The van der Waals surface area contributed by atoms with Crippen molar-refractivity contribution in [2.45, 2.75) is 25.7 Å². The molecule has 0 aliphatic heterocycles. The smallest absolute Gasteiger partial charge is 0.218 e. The SMILES string of the molecule is Cl.Cl.NC(=NCCCCCCN=C(N)N=C(N)Nc1ccccc1Cl)N=C(N)Nc1ccc(Cl)cc1. The number of rotatable bonds is 9. The van der Waals surface area contributed by atoms with Gasteiger partial charge in [0.25, 0.3) is 0 Å². The van der Waals surface area contributed by atoms with E-state index in [0.717, 1.165) is 31.4 Å². The summed E-state index contributed by atoms with van der Waals surface area (Å²) in [5.41, 5.74) is 24.7. The van der Waals surface area contributed by atoms with E-state index in [9.17, 15) is 0 Å². The molecule has 198 valence electrons. The van der Waals surface area contributed by atoms with Crippen molar-refractivity contribution in [3.8, 4) is 0 Å². The van der Waals surface area contributed by atoms with Crippen molar-refractivity contribution in [3.63, 3.8) is 0 Å². The van der Waals surface area contributed by atoms with Gasteiger partial charge < -0.3 is 33.6 Å². The molecule has 0 spiro atoms. The van der Waals surface area contributed by atoms with Crippen molar-refractivity contribution in [2.24, 2.45) is 42.9 Å². The van der Waals surface area contributed by atoms with Gasteiger partial charge in [-0.2, -0.15) is 9.98 Å². The van der Waals surface area contributed by atoms with E-state index in [1.165, 1.54) is 0 Å². The van der Waals surface area contributed by atoms with E-state index >= 15 is 0 Å². The van der Waals surface area contributed by atoms with Gasteiger partial charge in [0, 0.05) is 23.8 Å². The van der Waals surface area contributed by atoms with Crippen molar-refractivity contribution in [2.75, 3.05) is 23.7 Å². The van der Waals surface area contributed by atoms with Crippen LogP contribution in [0.15, 0.2) is 68.5 Å². The number of unbranched alkanes of at least 4 members (excludes halogenated alkanes) is 3. The molecule has 0 bridgehead atoms. The maximum absolute atomic E-state index is 6.07. The number of nitrogens with two attached hydrogens (primary N) is 4. The monoisotopic (exact) mass is 576 g/mol. The molecule has 2 aromatic carbocycles. The highest BCUT2D eigenvalue weighted by molar-refractivity contribution is 6.33. The van der Waals surface area contributed by atoms with Crippen molar-refractivity contribution >= 4 is 83.2 Å². The van der Waals surface area contributed by atoms with Gasteiger partial charge in [0.2, 0.25) is 23.8 Å². The molecule has 0 aromatic heterocycles. The molecule has 0 aliphatic rings. The highest BCUT2D eigenvalue weighted by atomic mass is 35.5. The second-order valence-electron chi connectivity index (χ2n) is 7.12. The van der Waals surface area contributed by atoms with E-state index in [2.05, 4.69) is 30.6 Å². The van der Waals surface area contributed by atoms with Crippen LogP contribution in [0, 0.1) is 0 Å². The predicted molar refractivity (Wildman–Crippen MR) is 159 cm³/mol. The summed E-state index contributed by atoms with van der Waals surface area (Å²) in [5.74, 6) is 0.509. The first-order chi connectivity index (χ1) is 16.3. The molecule has 0 unspecified atom stereocenters. The Hall–Kier alpha value is -2.92. The zero-order chi connectivity index (χ0) is 24.8. The number of guanidine groups is 4. The first-order valence-corrected chi connectivity index (χ1v) is 11.4. The van der Waals surface area contributed by atoms with Crippen LogP contribution in [0.25, 0.3) is 0 Å². The van der Waals surface area contributed by atoms with E-state index in [4.69, 9.17) is 46.1 Å². The molecule has 10 nitrogen and oxygen atoms in total. The quantitative estimate of drug-likeness (QED) is 0.148. The van der Waals surface area contributed by atoms with Crippen LogP contribution in [0.4, 0.5) is 11.4 Å². The molecule has 10 N–H and O–H groups in total. The Kier molecular flexibility index (Phi) is 16.9. The molecule has 0 atom stereocenters. The number of anilines is 2. The standard InChI is InChI=1S/C22H30Cl2N10.2ClH/c23-15-9-11-16(12-10-15)31-21(27)33-19(25)29-13-5-1-2-6-14-30-20(26)34-22(28)32-18-8-4-3-7-17(18)24;;/h3-4,7-12H,1-2,5-6,13-14H2,(H5,25,27,29,31,33)(H5,26,28,30,32,34);2*1H. The zero-order valence-corrected chi connectivity index (χ0v) is 22.7. The number of nitrogens with zero attached hydrogens (tertiary/aromatic N) is 4. The number of hydrogen-bond acceptors (Lipinski definition) is 2. The van der Waals surface area contributed by atoms with Gasteiger partial charge in [-0.15, -0.1) is 24.8 Å². The van der Waals surface area contributed by atoms with Crippen LogP contribution in [-0.4, -0.2) is 36.9 Å². The lowest BCUT2D eigenvalue weighted by Gasteiger charge is -2.06. The Balaban J connectivity index is 0.00000612. The van der Waals surface area contributed by atoms with E-state index in [-0.39, 0.29) is 48.7 Å². The summed E-state index contributed by atoms with van der Waals surface area (Å²) in [4.78, 5) is 16.5. The fourth-order valence-corrected chi connectivity index (χ4v) is 3.03. The molecular formula is C22H32Cl4N10. The third-order valence-corrected chi connectivity index (χ3v) is 4.92. The lowest BCUT2D eigenvalue weighted by atomic mass is 10.2. The van der Waals surface area contributed by atoms with E-state index in [1.54, 1.807) is 36.4 Å². The Bertz CT molecular complexity index is 1040. The number of para-hydroxylation sites is 1. The first-order valence-electron chi connectivity index (χ1n) is 10.7. The van der Waals surface area contributed by atoms with Crippen molar-refractivity contribution in [3.05, 3.63) is 58.6 Å². The van der Waals surface area contributed by atoms with Gasteiger partial charge in [0.1, 0.15) is 0 Å². The fraction of sp³-hybridized carbons (Fsp3) is 0.273. The molecule has 36 heavy (non-hydrogen) atoms. The third-order valence-electron chi connectivity index (χ3n) is 4.34. The summed E-state index contributed by atoms with van der Waals surface area (Å²) in [6, 6.07) is 14.3. The second kappa shape index (κ2) is 18.4. The summed E-state index contributed by atoms with van der Waals surface area (Å²) in [7, 11) is 0. The Labute approximate surface area is 233 Å². The van der Waals surface area contributed by atoms with Gasteiger partial charge in [-0.1, -0.05) is 48.2 Å². The molecule has 0 saturated carbocycles. The molecule has 2 aromatic rings. The minimum absolute atomic E-state index is 0. The average molecular weight is 578 g/mol. The topological polar surface area (TPSA) is 178 Å². The van der Waals surface area contributed by atoms with Gasteiger partial charge >= 0.3 is 0 Å². The second-order valence-corrected chi connectivity index (χ2v) is 7.97. The molecule has 2 rings (SSSR count). The van der Waals surface area contributed by atoms with Crippen LogP contribution in [0.1, 0.15) is 25.7 Å². The Morgan fingerprint density at radius 1 is 0.667 bits per heavy atom. The Morgan fingerprint density at radius 2 is 1.17 bits per heavy atom.